The van der Waals surface area contributed by atoms with Crippen LogP contribution in [0.2, 0.25) is 0 Å². The molecule has 1 aliphatic carbocycles. The molecule has 2 amide bonds. The number of amides is 2. The number of aryl methyl sites for hydroxylation is 2. The molecule has 0 bridgehead atoms. The van der Waals surface area contributed by atoms with Crippen LogP contribution in [-0.4, -0.2) is 28.3 Å². The number of hydrogen-bond acceptors (Lipinski definition) is 4. The maximum absolute atomic E-state index is 11.7. The lowest BCUT2D eigenvalue weighted by Crippen LogP contribution is -2.40. The van der Waals surface area contributed by atoms with Gasteiger partial charge < -0.3 is 20.3 Å². The van der Waals surface area contributed by atoms with E-state index in [1.807, 2.05) is 6.92 Å². The van der Waals surface area contributed by atoms with Gasteiger partial charge in [0.25, 0.3) is 0 Å². The average molecular weight is 279 g/mol. The highest BCUT2D eigenvalue weighted by Gasteiger charge is 2.25. The average Bonchev–Trinajstić information content (AvgIpc) is 2.96. The number of nitrogens with zero attached hydrogens (tertiary/aromatic N) is 1. The first-order valence-corrected chi connectivity index (χ1v) is 6.34. The second-order valence-electron chi connectivity index (χ2n) is 4.80. The lowest BCUT2D eigenvalue weighted by molar-refractivity contribution is -0.140. The number of aromatic nitrogens is 1. The standard InChI is InChI=1S/C13H17N3O4/c1-7-11(8(2)20-16-7)6-14-13(19)15-10-4-3-9(5-10)12(17)18/h3-4,9-10H,5-6H2,1-2H3,(H,17,18)(H2,14,15,19). The van der Waals surface area contributed by atoms with E-state index >= 15 is 0 Å². The van der Waals surface area contributed by atoms with E-state index in [1.54, 1.807) is 19.1 Å². The number of hydrogen-bond donors (Lipinski definition) is 3. The Morgan fingerprint density at radius 2 is 2.20 bits per heavy atom. The first-order chi connectivity index (χ1) is 9.47. The maximum Gasteiger partial charge on any atom is 0.315 e. The van der Waals surface area contributed by atoms with Gasteiger partial charge in [0.1, 0.15) is 5.76 Å². The fourth-order valence-electron chi connectivity index (χ4n) is 2.13. The topological polar surface area (TPSA) is 104 Å². The Morgan fingerprint density at radius 1 is 1.45 bits per heavy atom. The van der Waals surface area contributed by atoms with Gasteiger partial charge in [0.05, 0.1) is 17.7 Å². The number of urea groups is 1. The summed E-state index contributed by atoms with van der Waals surface area (Å²) in [4.78, 5) is 22.5. The molecule has 7 nitrogen and oxygen atoms in total. The molecule has 1 heterocycles. The van der Waals surface area contributed by atoms with Crippen molar-refractivity contribution in [2.45, 2.75) is 32.9 Å². The Hall–Kier alpha value is -2.31. The van der Waals surface area contributed by atoms with E-state index in [4.69, 9.17) is 9.63 Å². The summed E-state index contributed by atoms with van der Waals surface area (Å²) in [5.74, 6) is -0.723. The molecule has 0 aliphatic heterocycles. The smallest absolute Gasteiger partial charge is 0.315 e. The summed E-state index contributed by atoms with van der Waals surface area (Å²) in [6.07, 6.45) is 3.68. The highest BCUT2D eigenvalue weighted by Crippen LogP contribution is 2.17. The molecule has 108 valence electrons. The second kappa shape index (κ2) is 5.77. The van der Waals surface area contributed by atoms with Crippen LogP contribution in [0.5, 0.6) is 0 Å². The number of carbonyl (C=O) groups excluding carboxylic acids is 1. The molecular formula is C13H17N3O4. The van der Waals surface area contributed by atoms with E-state index in [-0.39, 0.29) is 12.1 Å². The normalized spacial score (nSPS) is 20.9. The summed E-state index contributed by atoms with van der Waals surface area (Å²) in [5.41, 5.74) is 1.60. The molecule has 0 saturated heterocycles. The summed E-state index contributed by atoms with van der Waals surface area (Å²) in [7, 11) is 0. The van der Waals surface area contributed by atoms with Gasteiger partial charge in [-0.2, -0.15) is 0 Å². The largest absolute Gasteiger partial charge is 0.481 e. The fourth-order valence-corrected chi connectivity index (χ4v) is 2.13. The molecule has 2 atom stereocenters. The molecule has 0 aromatic carbocycles. The molecule has 1 aromatic rings. The van der Waals surface area contributed by atoms with Crippen molar-refractivity contribution in [3.63, 3.8) is 0 Å². The van der Waals surface area contributed by atoms with Crippen molar-refractivity contribution >= 4 is 12.0 Å². The quantitative estimate of drug-likeness (QED) is 0.716. The van der Waals surface area contributed by atoms with Gasteiger partial charge in [0.2, 0.25) is 0 Å². The molecule has 3 N–H and O–H groups in total. The highest BCUT2D eigenvalue weighted by atomic mass is 16.5. The van der Waals surface area contributed by atoms with E-state index in [1.165, 1.54) is 0 Å². The zero-order chi connectivity index (χ0) is 14.7. The number of aliphatic carboxylic acids is 1. The van der Waals surface area contributed by atoms with Crippen LogP contribution in [0.1, 0.15) is 23.4 Å². The van der Waals surface area contributed by atoms with E-state index in [0.717, 1.165) is 11.3 Å². The molecule has 0 saturated carbocycles. The predicted octanol–water partition coefficient (Wildman–Crippen LogP) is 1.12. The number of carboxylic acid groups (broad SMARTS) is 1. The Morgan fingerprint density at radius 3 is 2.75 bits per heavy atom. The Balaban J connectivity index is 1.80. The van der Waals surface area contributed by atoms with Crippen molar-refractivity contribution in [2.75, 3.05) is 0 Å². The molecule has 7 heteroatoms. The fraction of sp³-hybridized carbons (Fsp3) is 0.462. The molecule has 0 spiro atoms. The summed E-state index contributed by atoms with van der Waals surface area (Å²) in [6.45, 7) is 3.92. The van der Waals surface area contributed by atoms with Gasteiger partial charge in [-0.1, -0.05) is 17.3 Å². The molecule has 1 aromatic heterocycles. The van der Waals surface area contributed by atoms with E-state index in [0.29, 0.717) is 18.7 Å². The minimum Gasteiger partial charge on any atom is -0.481 e. The lowest BCUT2D eigenvalue weighted by atomic mass is 10.1. The Kier molecular flexibility index (Phi) is 4.07. The van der Waals surface area contributed by atoms with Crippen LogP contribution < -0.4 is 10.6 Å². The minimum absolute atomic E-state index is 0.249. The van der Waals surface area contributed by atoms with Gasteiger partial charge in [-0.3, -0.25) is 4.79 Å². The number of carboxylic acids is 1. The Labute approximate surface area is 116 Å². The van der Waals surface area contributed by atoms with Crippen molar-refractivity contribution in [1.82, 2.24) is 15.8 Å². The van der Waals surface area contributed by atoms with Crippen molar-refractivity contribution in [2.24, 2.45) is 5.92 Å². The monoisotopic (exact) mass is 279 g/mol. The molecular weight excluding hydrogens is 262 g/mol. The van der Waals surface area contributed by atoms with Gasteiger partial charge >= 0.3 is 12.0 Å². The first kappa shape index (κ1) is 14.1. The van der Waals surface area contributed by atoms with Crippen LogP contribution in [0.15, 0.2) is 16.7 Å². The van der Waals surface area contributed by atoms with Crippen molar-refractivity contribution in [3.05, 3.63) is 29.2 Å². The van der Waals surface area contributed by atoms with Crippen molar-refractivity contribution in [3.8, 4) is 0 Å². The zero-order valence-corrected chi connectivity index (χ0v) is 11.3. The van der Waals surface area contributed by atoms with Crippen LogP contribution in [0.3, 0.4) is 0 Å². The molecule has 2 rings (SSSR count). The number of rotatable bonds is 4. The zero-order valence-electron chi connectivity index (χ0n) is 11.3. The summed E-state index contributed by atoms with van der Waals surface area (Å²) >= 11 is 0. The summed E-state index contributed by atoms with van der Waals surface area (Å²) in [6, 6.07) is -0.591. The molecule has 0 fully saturated rings. The lowest BCUT2D eigenvalue weighted by Gasteiger charge is -2.13. The molecule has 20 heavy (non-hydrogen) atoms. The molecule has 0 radical (unpaired) electrons. The number of nitrogens with one attached hydrogen (secondary N) is 2. The van der Waals surface area contributed by atoms with Crippen LogP contribution >= 0.6 is 0 Å². The minimum atomic E-state index is -0.873. The highest BCUT2D eigenvalue weighted by molar-refractivity contribution is 5.76. The second-order valence-corrected chi connectivity index (χ2v) is 4.80. The first-order valence-electron chi connectivity index (χ1n) is 6.34. The summed E-state index contributed by atoms with van der Waals surface area (Å²) in [5, 5.41) is 18.1. The van der Waals surface area contributed by atoms with E-state index in [9.17, 15) is 9.59 Å². The third kappa shape index (κ3) is 3.17. The van der Waals surface area contributed by atoms with Gasteiger partial charge in [-0.05, 0) is 20.3 Å². The van der Waals surface area contributed by atoms with E-state index < -0.39 is 11.9 Å². The van der Waals surface area contributed by atoms with Gasteiger partial charge in [-0.15, -0.1) is 0 Å². The van der Waals surface area contributed by atoms with Crippen LogP contribution in [0.25, 0.3) is 0 Å². The van der Waals surface area contributed by atoms with Crippen molar-refractivity contribution < 1.29 is 19.2 Å². The maximum atomic E-state index is 11.7. The number of carbonyl (C=O) groups is 2. The van der Waals surface area contributed by atoms with Gasteiger partial charge in [0.15, 0.2) is 0 Å². The van der Waals surface area contributed by atoms with E-state index in [2.05, 4.69) is 15.8 Å². The van der Waals surface area contributed by atoms with Crippen LogP contribution in [-0.2, 0) is 11.3 Å². The third-order valence-electron chi connectivity index (χ3n) is 3.32. The van der Waals surface area contributed by atoms with Gasteiger partial charge in [0, 0.05) is 12.1 Å². The Bertz CT molecular complexity index is 530. The van der Waals surface area contributed by atoms with Crippen LogP contribution in [0, 0.1) is 19.8 Å². The SMILES string of the molecule is Cc1noc(C)c1CNC(=O)NC1C=CC(C(=O)O)C1. The summed E-state index contributed by atoms with van der Waals surface area (Å²) < 4.78 is 5.00. The third-order valence-corrected chi connectivity index (χ3v) is 3.32. The van der Waals surface area contributed by atoms with Gasteiger partial charge in [-0.25, -0.2) is 4.79 Å². The van der Waals surface area contributed by atoms with Crippen LogP contribution in [0.4, 0.5) is 4.79 Å². The predicted molar refractivity (Wildman–Crippen MR) is 70.0 cm³/mol. The molecule has 2 unspecified atom stereocenters. The van der Waals surface area contributed by atoms with Crippen molar-refractivity contribution in [1.29, 1.82) is 0 Å². The molecule has 1 aliphatic rings.